The van der Waals surface area contributed by atoms with E-state index in [1.165, 1.54) is 0 Å². The lowest BCUT2D eigenvalue weighted by atomic mass is 10.2. The summed E-state index contributed by atoms with van der Waals surface area (Å²) in [5, 5.41) is 1.16. The van der Waals surface area contributed by atoms with Crippen LogP contribution in [0, 0.1) is 0 Å². The highest BCUT2D eigenvalue weighted by Crippen LogP contribution is 2.20. The molecule has 2 heterocycles. The Bertz CT molecular complexity index is 695. The second-order valence-electron chi connectivity index (χ2n) is 4.39. The van der Waals surface area contributed by atoms with Crippen molar-refractivity contribution < 1.29 is 14.3 Å². The van der Waals surface area contributed by atoms with E-state index in [-0.39, 0.29) is 0 Å². The van der Waals surface area contributed by atoms with Crippen LogP contribution in [0.2, 0.25) is 0 Å². The maximum absolute atomic E-state index is 9.18. The summed E-state index contributed by atoms with van der Waals surface area (Å²) in [4.78, 5) is 16.6. The minimum atomic E-state index is 0.431. The molecule has 0 saturated heterocycles. The number of hydrogen-bond acceptors (Lipinski definition) is 4. The number of rotatable bonds is 5. The maximum Gasteiger partial charge on any atom is 0.293 e. The van der Waals surface area contributed by atoms with Crippen molar-refractivity contribution in [3.8, 4) is 5.75 Å². The van der Waals surface area contributed by atoms with Crippen LogP contribution in [0.25, 0.3) is 10.9 Å². The van der Waals surface area contributed by atoms with Gasteiger partial charge in [-0.15, -0.1) is 0 Å². The van der Waals surface area contributed by atoms with Crippen molar-refractivity contribution in [2.75, 3.05) is 6.61 Å². The number of aromatic nitrogens is 2. The van der Waals surface area contributed by atoms with Crippen LogP contribution in [0.5, 0.6) is 5.75 Å². The van der Waals surface area contributed by atoms with Crippen molar-refractivity contribution in [2.24, 2.45) is 0 Å². The Morgan fingerprint density at radius 3 is 2.82 bits per heavy atom. The number of fused-ring (bicyclic) bond motifs is 1. The lowest BCUT2D eigenvalue weighted by Crippen LogP contribution is -1.97. The van der Waals surface area contributed by atoms with E-state index in [0.29, 0.717) is 19.7 Å². The molecule has 0 saturated carbocycles. The van der Waals surface area contributed by atoms with Crippen LogP contribution in [0.3, 0.4) is 0 Å². The van der Waals surface area contributed by atoms with E-state index in [1.807, 2.05) is 48.7 Å². The summed E-state index contributed by atoms with van der Waals surface area (Å²) >= 11 is 0. The van der Waals surface area contributed by atoms with Crippen LogP contribution in [0.4, 0.5) is 0 Å². The van der Waals surface area contributed by atoms with Crippen molar-refractivity contribution in [1.29, 1.82) is 0 Å². The lowest BCUT2D eigenvalue weighted by Gasteiger charge is -2.05. The zero-order valence-electron chi connectivity index (χ0n) is 12.4. The van der Waals surface area contributed by atoms with Gasteiger partial charge in [0, 0.05) is 23.3 Å². The molecule has 0 aliphatic carbocycles. The van der Waals surface area contributed by atoms with Crippen molar-refractivity contribution >= 4 is 17.4 Å². The molecule has 0 aliphatic rings. The summed E-state index contributed by atoms with van der Waals surface area (Å²) in [6.45, 7) is 3.16. The second kappa shape index (κ2) is 8.46. The summed E-state index contributed by atoms with van der Waals surface area (Å²) in [6.07, 6.45) is 3.70. The number of aromatic amines is 1. The Hall–Kier alpha value is -2.82. The molecule has 0 fully saturated rings. The van der Waals surface area contributed by atoms with Gasteiger partial charge in [-0.1, -0.05) is 6.07 Å². The monoisotopic (exact) mass is 298 g/mol. The Balaban J connectivity index is 0.000000309. The van der Waals surface area contributed by atoms with Crippen LogP contribution in [-0.4, -0.2) is 23.0 Å². The van der Waals surface area contributed by atoms with Gasteiger partial charge in [0.2, 0.25) is 0 Å². The molecule has 0 spiro atoms. The molecule has 2 aromatic heterocycles. The number of carbonyl (C=O) groups is 1. The number of benzene rings is 1. The number of pyridine rings is 1. The van der Waals surface area contributed by atoms with E-state index in [2.05, 4.69) is 14.7 Å². The quantitative estimate of drug-likeness (QED) is 0.734. The van der Waals surface area contributed by atoms with E-state index < -0.39 is 0 Å². The summed E-state index contributed by atoms with van der Waals surface area (Å²) in [7, 11) is 0. The molecule has 5 nitrogen and oxygen atoms in total. The smallest absolute Gasteiger partial charge is 0.293 e. The first kappa shape index (κ1) is 15.6. The molecule has 1 aromatic carbocycles. The number of H-pyrrole nitrogens is 1. The largest absolute Gasteiger partial charge is 0.487 e. The van der Waals surface area contributed by atoms with Gasteiger partial charge in [-0.05, 0) is 43.3 Å². The van der Waals surface area contributed by atoms with E-state index >= 15 is 0 Å². The first-order chi connectivity index (χ1) is 10.8. The molecule has 5 heteroatoms. The number of nitrogens with one attached hydrogen (secondary N) is 1. The van der Waals surface area contributed by atoms with E-state index in [0.717, 1.165) is 22.3 Å². The van der Waals surface area contributed by atoms with Gasteiger partial charge < -0.3 is 14.5 Å². The standard InChI is InChI=1S/C14H12N2O.C3H6O2/c1-2-7-15-12(3-1)10-17-13-4-5-14-11(9-13)6-8-16-14;1-2-5-3-4/h1-9,16H,10H2;3H,2H2,1H3. The molecule has 0 bridgehead atoms. The van der Waals surface area contributed by atoms with Crippen LogP contribution >= 0.6 is 0 Å². The number of carbonyl (C=O) groups excluding carboxylic acids is 1. The molecule has 0 aliphatic heterocycles. The molecule has 3 rings (SSSR count). The van der Waals surface area contributed by atoms with Crippen molar-refractivity contribution in [2.45, 2.75) is 13.5 Å². The Labute approximate surface area is 128 Å². The van der Waals surface area contributed by atoms with Crippen LogP contribution in [-0.2, 0) is 16.1 Å². The lowest BCUT2D eigenvalue weighted by molar-refractivity contribution is -0.128. The highest BCUT2D eigenvalue weighted by molar-refractivity contribution is 5.80. The average Bonchev–Trinajstić information content (AvgIpc) is 3.03. The number of nitrogens with zero attached hydrogens (tertiary/aromatic N) is 1. The van der Waals surface area contributed by atoms with Crippen molar-refractivity contribution in [3.05, 3.63) is 60.6 Å². The molecule has 0 radical (unpaired) electrons. The van der Waals surface area contributed by atoms with Gasteiger partial charge in [-0.25, -0.2) is 0 Å². The van der Waals surface area contributed by atoms with E-state index in [1.54, 1.807) is 13.1 Å². The third-order valence-electron chi connectivity index (χ3n) is 2.87. The topological polar surface area (TPSA) is 64.2 Å². The molecular formula is C17H18N2O3. The first-order valence-electron chi connectivity index (χ1n) is 6.98. The van der Waals surface area contributed by atoms with Crippen LogP contribution in [0.15, 0.2) is 54.9 Å². The van der Waals surface area contributed by atoms with Gasteiger partial charge in [-0.3, -0.25) is 9.78 Å². The predicted octanol–water partition coefficient (Wildman–Crippen LogP) is 3.32. The van der Waals surface area contributed by atoms with Crippen molar-refractivity contribution in [3.63, 3.8) is 0 Å². The van der Waals surface area contributed by atoms with Gasteiger partial charge in [0.25, 0.3) is 6.47 Å². The van der Waals surface area contributed by atoms with Gasteiger partial charge >= 0.3 is 0 Å². The highest BCUT2D eigenvalue weighted by atomic mass is 16.5. The molecule has 0 amide bonds. The summed E-state index contributed by atoms with van der Waals surface area (Å²) in [6, 6.07) is 13.8. The second-order valence-corrected chi connectivity index (χ2v) is 4.39. The molecule has 3 aromatic rings. The fraction of sp³-hybridized carbons (Fsp3) is 0.176. The maximum atomic E-state index is 9.18. The normalized spacial score (nSPS) is 9.68. The summed E-state index contributed by atoms with van der Waals surface area (Å²) in [5.41, 5.74) is 2.05. The van der Waals surface area contributed by atoms with Gasteiger partial charge in [0.05, 0.1) is 12.3 Å². The third kappa shape index (κ3) is 4.63. The molecule has 22 heavy (non-hydrogen) atoms. The molecular weight excluding hydrogens is 280 g/mol. The van der Waals surface area contributed by atoms with Gasteiger partial charge in [0.15, 0.2) is 0 Å². The fourth-order valence-electron chi connectivity index (χ4n) is 1.83. The summed E-state index contributed by atoms with van der Waals surface area (Å²) in [5.74, 6) is 0.864. The zero-order chi connectivity index (χ0) is 15.6. The average molecular weight is 298 g/mol. The summed E-state index contributed by atoms with van der Waals surface area (Å²) < 4.78 is 9.85. The van der Waals surface area contributed by atoms with E-state index in [9.17, 15) is 4.79 Å². The van der Waals surface area contributed by atoms with Gasteiger partial charge in [0.1, 0.15) is 12.4 Å². The number of ether oxygens (including phenoxy) is 2. The van der Waals surface area contributed by atoms with Gasteiger partial charge in [-0.2, -0.15) is 0 Å². The fourth-order valence-corrected chi connectivity index (χ4v) is 1.83. The predicted molar refractivity (Wildman–Crippen MR) is 84.6 cm³/mol. The molecule has 0 atom stereocenters. The van der Waals surface area contributed by atoms with Crippen molar-refractivity contribution in [1.82, 2.24) is 9.97 Å². The first-order valence-corrected chi connectivity index (χ1v) is 6.98. The van der Waals surface area contributed by atoms with Crippen LogP contribution < -0.4 is 4.74 Å². The zero-order valence-corrected chi connectivity index (χ0v) is 12.4. The minimum absolute atomic E-state index is 0.431. The SMILES string of the molecule is CCOC=O.c1ccc(COc2ccc3[nH]ccc3c2)nc1. The number of hydrogen-bond donors (Lipinski definition) is 1. The molecule has 1 N–H and O–H groups in total. The van der Waals surface area contributed by atoms with E-state index in [4.69, 9.17) is 4.74 Å². The van der Waals surface area contributed by atoms with Crippen LogP contribution in [0.1, 0.15) is 12.6 Å². The Morgan fingerprint density at radius 2 is 2.14 bits per heavy atom. The highest BCUT2D eigenvalue weighted by Gasteiger charge is 1.99. The third-order valence-corrected chi connectivity index (χ3v) is 2.87. The molecule has 114 valence electrons. The minimum Gasteiger partial charge on any atom is -0.487 e. The molecule has 0 unspecified atom stereocenters. The Morgan fingerprint density at radius 1 is 1.23 bits per heavy atom. The Kier molecular flexibility index (Phi) is 5.99.